The second kappa shape index (κ2) is 25.1. The first-order valence-electron chi connectivity index (χ1n) is 34.1. The molecule has 8 heteroatoms. The predicted octanol–water partition coefficient (Wildman–Crippen LogP) is 22.8. The molecule has 0 saturated heterocycles. The smallest absolute Gasteiger partial charge is 0.193 e. The minimum absolute atomic E-state index is 0.194. The van der Waals surface area contributed by atoms with Crippen LogP contribution in [0.2, 0.25) is 0 Å². The van der Waals surface area contributed by atoms with Crippen molar-refractivity contribution >= 4 is 85.7 Å². The molecule has 99 heavy (non-hydrogen) atoms. The second-order valence-electron chi connectivity index (χ2n) is 27.3. The quantitative estimate of drug-likeness (QED) is 0.153. The number of aromatic nitrogens is 4. The predicted molar refractivity (Wildman–Crippen MR) is 417 cm³/mol. The number of pyridine rings is 4. The maximum absolute atomic E-state index is 2.41. The second-order valence-corrected chi connectivity index (χ2v) is 31.8. The van der Waals surface area contributed by atoms with E-state index < -0.39 is 0 Å². The van der Waals surface area contributed by atoms with Gasteiger partial charge in [-0.05, 0) is 141 Å². The van der Waals surface area contributed by atoms with Gasteiger partial charge < -0.3 is 0 Å². The molecule has 0 N–H and O–H groups in total. The van der Waals surface area contributed by atoms with E-state index in [2.05, 4.69) is 349 Å². The van der Waals surface area contributed by atoms with Crippen molar-refractivity contribution in [3.8, 4) is 100.0 Å². The lowest BCUT2D eigenvalue weighted by molar-refractivity contribution is -0.671. The zero-order valence-corrected chi connectivity index (χ0v) is 58.9. The minimum Gasteiger partial charge on any atom is -0.193 e. The van der Waals surface area contributed by atoms with E-state index in [1.807, 2.05) is 45.3 Å². The van der Waals surface area contributed by atoms with Gasteiger partial charge in [0.25, 0.3) is 0 Å². The topological polar surface area (TPSA) is 15.5 Å². The van der Waals surface area contributed by atoms with Crippen molar-refractivity contribution in [1.82, 2.24) is 0 Å². The highest BCUT2D eigenvalue weighted by atomic mass is 32.1. The number of aryl methyl sites for hydroxylation is 1. The average Bonchev–Trinajstić information content (AvgIpc) is 1.58. The van der Waals surface area contributed by atoms with Crippen molar-refractivity contribution in [2.45, 2.75) is 59.3 Å². The molecule has 474 valence electrons. The number of fused-ring (bicyclic) bond motifs is 20. The van der Waals surface area contributed by atoms with Crippen LogP contribution in [-0.2, 0) is 31.6 Å². The molecule has 0 bridgehead atoms. The van der Waals surface area contributed by atoms with Crippen molar-refractivity contribution in [1.29, 1.82) is 0 Å². The lowest BCUT2D eigenvalue weighted by Gasteiger charge is -2.14. The summed E-state index contributed by atoms with van der Waals surface area (Å²) in [7, 11) is 0. The normalized spacial score (nSPS) is 12.5. The van der Waals surface area contributed by atoms with E-state index in [1.165, 1.54) is 172 Å². The first kappa shape index (κ1) is 60.8. The maximum atomic E-state index is 2.41. The van der Waals surface area contributed by atoms with Crippen molar-refractivity contribution in [3.63, 3.8) is 0 Å². The van der Waals surface area contributed by atoms with Gasteiger partial charge >= 0.3 is 0 Å². The third-order valence-corrected chi connectivity index (χ3v) is 24.5. The van der Waals surface area contributed by atoms with Gasteiger partial charge in [0.05, 0.1) is 43.8 Å². The fraction of sp³-hybridized carbons (Fsp3) is 0.0989. The fourth-order valence-corrected chi connectivity index (χ4v) is 19.0. The van der Waals surface area contributed by atoms with Crippen molar-refractivity contribution in [2.75, 3.05) is 0 Å². The van der Waals surface area contributed by atoms with Crippen molar-refractivity contribution in [3.05, 3.63) is 335 Å². The largest absolute Gasteiger partial charge is 0.222 e. The molecule has 0 spiro atoms. The number of thiophene rings is 4. The number of hydrogen-bond donors (Lipinski definition) is 0. The number of benzene rings is 9. The molecular weight excluding hydrogens is 1280 g/mol. The third-order valence-electron chi connectivity index (χ3n) is 19.9. The van der Waals surface area contributed by atoms with Gasteiger partial charge in [0, 0.05) is 80.0 Å². The van der Waals surface area contributed by atoms with Crippen LogP contribution < -0.4 is 18.3 Å². The summed E-state index contributed by atoms with van der Waals surface area (Å²) < 4.78 is 15.0. The molecule has 21 rings (SSSR count). The van der Waals surface area contributed by atoms with Crippen LogP contribution in [0.5, 0.6) is 0 Å². The Morgan fingerprint density at radius 1 is 0.283 bits per heavy atom. The van der Waals surface area contributed by atoms with Gasteiger partial charge in [0.1, 0.15) is 0 Å². The van der Waals surface area contributed by atoms with Crippen LogP contribution >= 0.6 is 45.3 Å². The Bertz CT molecular complexity index is 5960. The Labute approximate surface area is 593 Å². The van der Waals surface area contributed by atoms with E-state index in [1.54, 1.807) is 0 Å². The fourth-order valence-electron chi connectivity index (χ4n) is 15.1. The monoisotopic (exact) mass is 1350 g/mol. The zero-order chi connectivity index (χ0) is 66.3. The van der Waals surface area contributed by atoms with Crippen LogP contribution in [0.1, 0.15) is 52.8 Å². The van der Waals surface area contributed by atoms with Gasteiger partial charge in [-0.1, -0.05) is 197 Å². The average molecular weight is 1350 g/mol. The summed E-state index contributed by atoms with van der Waals surface area (Å²) in [4.78, 5) is 4.16. The summed E-state index contributed by atoms with van der Waals surface area (Å²) in [5, 5.41) is 7.70. The standard InChI is InChI=1S/C26H18NS.C24H22NS.C21H16NS.C20H14NS/c1-3-7-18(8-4-1)20-11-12-22-21(15-20)17-27-14-13-24-23(26(22)27)16-25(28-24)19-9-5-2-6-10-19;1-24(2,3)22-14-20-21(26-22)11-12-25-15-18-13-17(9-10-19(18)23(20)25)16-7-5-4-6-8-16;1-14-11-19-20(23-14)9-10-22-13-17-12-16(7-8-18(17)21(19)22)15-5-3-2-4-6-15;1-2-4-14(5-3-1)15-6-7-17-16(12-15)13-21-10-8-19-18(20(17)21)9-11-22-19/h1-16H,17H2;4-14H,15H2,1-3H3;2-12H,13H2,1H3;1-12H,13H2/q4*+1. The summed E-state index contributed by atoms with van der Waals surface area (Å²) in [6.07, 6.45) is 8.94. The third kappa shape index (κ3) is 11.3. The van der Waals surface area contributed by atoms with Crippen LogP contribution in [0.3, 0.4) is 0 Å². The highest BCUT2D eigenvalue weighted by Crippen LogP contribution is 2.45. The molecule has 17 aromatic rings. The Morgan fingerprint density at radius 3 is 1.01 bits per heavy atom. The lowest BCUT2D eigenvalue weighted by atomic mass is 9.93. The molecule has 0 amide bonds. The molecule has 4 nitrogen and oxygen atoms in total. The molecule has 0 atom stereocenters. The summed E-state index contributed by atoms with van der Waals surface area (Å²) >= 11 is 7.50. The van der Waals surface area contributed by atoms with E-state index in [0.717, 1.165) is 26.2 Å². The number of hydrogen-bond acceptors (Lipinski definition) is 4. The molecule has 0 fully saturated rings. The Balaban J connectivity index is 0.0000000958. The first-order chi connectivity index (χ1) is 48.6. The Kier molecular flexibility index (Phi) is 15.4. The summed E-state index contributed by atoms with van der Waals surface area (Å²) in [6, 6.07) is 99.2. The molecule has 4 aliphatic heterocycles. The van der Waals surface area contributed by atoms with Crippen molar-refractivity contribution < 1.29 is 18.3 Å². The van der Waals surface area contributed by atoms with Gasteiger partial charge in [-0.25, -0.2) is 0 Å². The molecular formula is C91H70N4S4+4. The number of nitrogens with zero attached hydrogens (tertiary/aromatic N) is 4. The van der Waals surface area contributed by atoms with E-state index >= 15 is 0 Å². The van der Waals surface area contributed by atoms with Crippen LogP contribution in [-0.4, -0.2) is 0 Å². The molecule has 0 unspecified atom stereocenters. The van der Waals surface area contributed by atoms with Gasteiger partial charge in [-0.3, -0.25) is 0 Å². The number of rotatable bonds is 5. The lowest BCUT2D eigenvalue weighted by Crippen LogP contribution is -2.31. The highest BCUT2D eigenvalue weighted by molar-refractivity contribution is 7.22. The van der Waals surface area contributed by atoms with Crippen LogP contribution in [0.15, 0.2) is 303 Å². The van der Waals surface area contributed by atoms with Crippen LogP contribution in [0.4, 0.5) is 0 Å². The molecule has 9 aromatic carbocycles. The summed E-state index contributed by atoms with van der Waals surface area (Å²) in [6.45, 7) is 12.9. The van der Waals surface area contributed by atoms with E-state index in [-0.39, 0.29) is 5.41 Å². The molecule has 12 heterocycles. The molecule has 4 aliphatic rings. The molecule has 8 aromatic heterocycles. The van der Waals surface area contributed by atoms with Gasteiger partial charge in [0.15, 0.2) is 51.0 Å². The molecule has 0 aliphatic carbocycles. The molecule has 0 saturated carbocycles. The van der Waals surface area contributed by atoms with E-state index in [9.17, 15) is 0 Å². The highest BCUT2D eigenvalue weighted by Gasteiger charge is 2.34. The summed E-state index contributed by atoms with van der Waals surface area (Å²) in [5.74, 6) is 0. The van der Waals surface area contributed by atoms with Crippen molar-refractivity contribution in [2.24, 2.45) is 0 Å². The Morgan fingerprint density at radius 2 is 0.616 bits per heavy atom. The molecule has 0 radical (unpaired) electrons. The Hall–Kier alpha value is -10.6. The van der Waals surface area contributed by atoms with E-state index in [0.29, 0.717) is 0 Å². The van der Waals surface area contributed by atoms with Gasteiger partial charge in [-0.15, -0.1) is 45.3 Å². The SMILES string of the molecule is CC(C)(C)c1cc2c3[n+](ccc2s1)Cc1cc(-c2ccccc2)ccc1-3.Cc1cc2c3[n+](ccc2s1)Cc1cc(-c2ccccc2)ccc1-3.c1ccc(-c2ccc3c(c2)C[n+]2ccc4sc(-c5ccccc5)cc4c2-3)cc1.c1ccc(-c2ccc3c(c2)C[n+]2ccc4sccc4c2-3)cc1. The van der Waals surface area contributed by atoms with E-state index in [4.69, 9.17) is 0 Å². The zero-order valence-electron chi connectivity index (χ0n) is 55.6. The summed E-state index contributed by atoms with van der Waals surface area (Å²) in [5.41, 5.74) is 28.5. The van der Waals surface area contributed by atoms with Crippen LogP contribution in [0, 0.1) is 6.92 Å². The first-order valence-corrected chi connectivity index (χ1v) is 37.4. The maximum Gasteiger partial charge on any atom is 0.222 e. The van der Waals surface area contributed by atoms with Crippen LogP contribution in [0.25, 0.3) is 140 Å². The van der Waals surface area contributed by atoms with Gasteiger partial charge in [0.2, 0.25) is 22.8 Å². The minimum atomic E-state index is 0.194. The van der Waals surface area contributed by atoms with Gasteiger partial charge in [-0.2, -0.15) is 18.3 Å².